The lowest BCUT2D eigenvalue weighted by Crippen LogP contribution is -2.40. The molecule has 2 fully saturated rings. The summed E-state index contributed by atoms with van der Waals surface area (Å²) in [4.78, 5) is 27.0. The zero-order valence-electron chi connectivity index (χ0n) is 16.3. The molecule has 0 aromatic heterocycles. The van der Waals surface area contributed by atoms with Crippen LogP contribution in [0.25, 0.3) is 0 Å². The molecule has 8 heteroatoms. The molecule has 0 amide bonds. The van der Waals surface area contributed by atoms with E-state index >= 15 is 0 Å². The van der Waals surface area contributed by atoms with Crippen LogP contribution in [0.15, 0.2) is 42.2 Å². The predicted molar refractivity (Wildman–Crippen MR) is 104 cm³/mol. The average Bonchev–Trinajstić information content (AvgIpc) is 2.62. The number of allylic oxidation sites excluding steroid dienone is 1. The molecule has 0 radical (unpaired) electrons. The maximum atomic E-state index is 13.6. The minimum Gasteiger partial charge on any atom is -0.631 e. The van der Waals surface area contributed by atoms with Crippen molar-refractivity contribution in [3.8, 4) is 0 Å². The summed E-state index contributed by atoms with van der Waals surface area (Å²) in [5.41, 5.74) is -0.759. The van der Waals surface area contributed by atoms with E-state index in [1.54, 1.807) is 12.1 Å². The normalized spacial score (nSPS) is 26.9. The first-order chi connectivity index (χ1) is 12.5. The van der Waals surface area contributed by atoms with Gasteiger partial charge in [0.2, 0.25) is 5.66 Å². The van der Waals surface area contributed by atoms with Crippen LogP contribution in [-0.2, 0) is 18.1 Å². The van der Waals surface area contributed by atoms with E-state index in [1.807, 2.05) is 45.9 Å². The first-order valence-corrected chi connectivity index (χ1v) is 12.1. The lowest BCUT2D eigenvalue weighted by Gasteiger charge is -2.45. The summed E-state index contributed by atoms with van der Waals surface area (Å²) in [6.45, 7) is 12.9. The molecular weight excluding hydrogens is 386 g/mol. The number of hydrogen-bond acceptors (Lipinski definition) is 6. The zero-order valence-corrected chi connectivity index (χ0v) is 18.1. The first kappa shape index (κ1) is 21.3. The minimum atomic E-state index is -3.67. The summed E-state index contributed by atoms with van der Waals surface area (Å²) in [5, 5.41) is 0.118. The van der Waals surface area contributed by atoms with Gasteiger partial charge in [-0.1, -0.05) is 64.6 Å². The molecule has 27 heavy (non-hydrogen) atoms. The van der Waals surface area contributed by atoms with Crippen LogP contribution in [-0.4, -0.2) is 26.4 Å². The van der Waals surface area contributed by atoms with Gasteiger partial charge < -0.3 is 9.79 Å². The molecular formula is C19H28O6P2. The van der Waals surface area contributed by atoms with E-state index < -0.39 is 21.5 Å². The van der Waals surface area contributed by atoms with E-state index in [2.05, 4.69) is 6.58 Å². The second-order valence-corrected chi connectivity index (χ2v) is 13.0. The summed E-state index contributed by atoms with van der Waals surface area (Å²) in [5.74, 6) is 0. The Morgan fingerprint density at radius 1 is 0.889 bits per heavy atom. The third kappa shape index (κ3) is 4.60. The van der Waals surface area contributed by atoms with Gasteiger partial charge in [0.05, 0.1) is 0 Å². The van der Waals surface area contributed by atoms with Crippen molar-refractivity contribution in [2.45, 2.75) is 33.4 Å². The van der Waals surface area contributed by atoms with Crippen molar-refractivity contribution >= 4 is 15.9 Å². The highest BCUT2D eigenvalue weighted by molar-refractivity contribution is 7.67. The molecule has 3 rings (SSSR count). The SMILES string of the molecule is C=C(C(c1ccccc1)[P+]1([O-])OCC(C)(C)CO1)[P+]1([O-])OCC(C)(C)CO1. The molecule has 0 spiro atoms. The molecule has 1 aromatic carbocycles. The van der Waals surface area contributed by atoms with Gasteiger partial charge in [-0.25, -0.2) is 18.1 Å². The predicted octanol–water partition coefficient (Wildman–Crippen LogP) is 3.63. The van der Waals surface area contributed by atoms with E-state index in [9.17, 15) is 9.79 Å². The van der Waals surface area contributed by atoms with Gasteiger partial charge in [-0.15, -0.1) is 0 Å². The number of rotatable bonds is 4. The monoisotopic (exact) mass is 414 g/mol. The highest BCUT2D eigenvalue weighted by Crippen LogP contribution is 2.77. The fourth-order valence-corrected chi connectivity index (χ4v) is 7.94. The smallest absolute Gasteiger partial charge is 0.271 e. The van der Waals surface area contributed by atoms with Gasteiger partial charge in [0.15, 0.2) is 5.31 Å². The summed E-state index contributed by atoms with van der Waals surface area (Å²) in [6, 6.07) is 9.07. The summed E-state index contributed by atoms with van der Waals surface area (Å²) in [7, 11) is -7.33. The Morgan fingerprint density at radius 2 is 1.33 bits per heavy atom. The van der Waals surface area contributed by atoms with Crippen molar-refractivity contribution in [2.24, 2.45) is 10.8 Å². The Hall–Kier alpha value is -0.420. The lowest BCUT2D eigenvalue weighted by atomic mass is 9.97. The molecule has 1 atom stereocenters. The molecule has 2 aliphatic heterocycles. The van der Waals surface area contributed by atoms with Crippen molar-refractivity contribution in [1.82, 2.24) is 0 Å². The van der Waals surface area contributed by atoms with Crippen molar-refractivity contribution in [3.05, 3.63) is 47.8 Å². The van der Waals surface area contributed by atoms with Gasteiger partial charge in [-0.05, 0) is 0 Å². The topological polar surface area (TPSA) is 83.0 Å². The molecule has 2 saturated heterocycles. The van der Waals surface area contributed by atoms with E-state index in [0.29, 0.717) is 5.56 Å². The highest BCUT2D eigenvalue weighted by atomic mass is 31.2. The van der Waals surface area contributed by atoms with Gasteiger partial charge >= 0.3 is 0 Å². The molecule has 2 aliphatic rings. The van der Waals surface area contributed by atoms with E-state index in [4.69, 9.17) is 18.1 Å². The lowest BCUT2D eigenvalue weighted by molar-refractivity contribution is -0.239. The average molecular weight is 414 g/mol. The van der Waals surface area contributed by atoms with Crippen LogP contribution in [0, 0.1) is 10.8 Å². The first-order valence-electron chi connectivity index (χ1n) is 8.99. The molecule has 6 nitrogen and oxygen atoms in total. The zero-order chi connectivity index (χ0) is 19.9. The van der Waals surface area contributed by atoms with Gasteiger partial charge in [0.1, 0.15) is 26.4 Å². The molecule has 1 unspecified atom stereocenters. The van der Waals surface area contributed by atoms with E-state index in [-0.39, 0.29) is 42.6 Å². The fraction of sp³-hybridized carbons (Fsp3) is 0.579. The summed E-state index contributed by atoms with van der Waals surface area (Å²) < 4.78 is 22.7. The second-order valence-electron chi connectivity index (χ2n) is 8.76. The van der Waals surface area contributed by atoms with Gasteiger partial charge in [0, 0.05) is 16.4 Å². The summed E-state index contributed by atoms with van der Waals surface area (Å²) in [6.07, 6.45) is 0. The number of benzene rings is 1. The number of hydrogen-bond donors (Lipinski definition) is 0. The van der Waals surface area contributed by atoms with Crippen LogP contribution in [0.2, 0.25) is 0 Å². The molecule has 0 N–H and O–H groups in total. The minimum absolute atomic E-state index is 0.118. The molecule has 1 aromatic rings. The summed E-state index contributed by atoms with van der Waals surface area (Å²) >= 11 is 0. The van der Waals surface area contributed by atoms with Crippen LogP contribution < -0.4 is 9.79 Å². The van der Waals surface area contributed by atoms with Gasteiger partial charge in [-0.2, -0.15) is 0 Å². The molecule has 0 saturated carbocycles. The Bertz CT molecular complexity index is 671. The molecule has 150 valence electrons. The van der Waals surface area contributed by atoms with Crippen molar-refractivity contribution in [3.63, 3.8) is 0 Å². The maximum absolute atomic E-state index is 13.6. The van der Waals surface area contributed by atoms with Crippen molar-refractivity contribution < 1.29 is 27.9 Å². The fourth-order valence-electron chi connectivity index (χ4n) is 2.86. The Balaban J connectivity index is 1.93. The van der Waals surface area contributed by atoms with Gasteiger partial charge in [-0.3, -0.25) is 0 Å². The molecule has 0 aliphatic carbocycles. The van der Waals surface area contributed by atoms with Crippen LogP contribution in [0.5, 0.6) is 0 Å². The third-order valence-electron chi connectivity index (χ3n) is 4.62. The van der Waals surface area contributed by atoms with Crippen molar-refractivity contribution in [2.75, 3.05) is 26.4 Å². The quantitative estimate of drug-likeness (QED) is 0.700. The highest BCUT2D eigenvalue weighted by Gasteiger charge is 2.57. The van der Waals surface area contributed by atoms with Gasteiger partial charge in [0.25, 0.3) is 15.9 Å². The molecule has 0 bridgehead atoms. The standard InChI is InChI=1S/C19H28O6P2/c1-15(26(20)22-11-18(2,3)12-23-26)17(16-9-7-6-8-10-16)27(21)24-13-19(4,5)14-25-27/h6-10,17H,1,11-14H2,2-5H3. The van der Waals surface area contributed by atoms with E-state index in [0.717, 1.165) is 0 Å². The third-order valence-corrected chi connectivity index (χ3v) is 8.94. The van der Waals surface area contributed by atoms with Crippen LogP contribution in [0.1, 0.15) is 38.9 Å². The van der Waals surface area contributed by atoms with Crippen molar-refractivity contribution in [1.29, 1.82) is 0 Å². The second kappa shape index (κ2) is 7.44. The Morgan fingerprint density at radius 3 is 1.81 bits per heavy atom. The van der Waals surface area contributed by atoms with Crippen LogP contribution in [0.4, 0.5) is 0 Å². The Labute approximate surface area is 162 Å². The van der Waals surface area contributed by atoms with E-state index in [1.165, 1.54) is 0 Å². The Kier molecular flexibility index (Phi) is 5.87. The van der Waals surface area contributed by atoms with Crippen LogP contribution in [0.3, 0.4) is 0 Å². The molecule has 2 heterocycles. The largest absolute Gasteiger partial charge is 0.631 e. The van der Waals surface area contributed by atoms with Crippen LogP contribution >= 0.6 is 15.9 Å². The maximum Gasteiger partial charge on any atom is 0.271 e.